The number of carbonyl (C=O) groups excluding carboxylic acids is 2. The highest BCUT2D eigenvalue weighted by atomic mass is 19.1. The number of rotatable bonds is 9. The third kappa shape index (κ3) is 5.65. The SMILES string of the molecule is C=C(CCCCC1CCCC(C(=O)c2cccc(C)c2F)CC1)C(=O)C1Cc2ccccc2N1. The average molecular weight is 462 g/mol. The Morgan fingerprint density at radius 2 is 1.85 bits per heavy atom. The highest BCUT2D eigenvalue weighted by molar-refractivity contribution is 6.01. The lowest BCUT2D eigenvalue weighted by atomic mass is 9.89. The Hall–Kier alpha value is -2.75. The highest BCUT2D eigenvalue weighted by Gasteiger charge is 2.28. The number of unbranched alkanes of at least 4 members (excludes halogenated alkanes) is 1. The Kier molecular flexibility index (Phi) is 7.97. The van der Waals surface area contributed by atoms with E-state index in [1.165, 1.54) is 5.56 Å². The summed E-state index contributed by atoms with van der Waals surface area (Å²) in [4.78, 5) is 25.7. The molecule has 0 spiro atoms. The normalized spacial score (nSPS) is 21.9. The predicted octanol–water partition coefficient (Wildman–Crippen LogP) is 7.24. The van der Waals surface area contributed by atoms with Crippen LogP contribution in [0.3, 0.4) is 0 Å². The van der Waals surface area contributed by atoms with Gasteiger partial charge in [-0.05, 0) is 73.8 Å². The number of anilines is 1. The van der Waals surface area contributed by atoms with Crippen LogP contribution in [0.1, 0.15) is 79.3 Å². The molecule has 1 heterocycles. The molecule has 0 aromatic heterocycles. The van der Waals surface area contributed by atoms with Crippen molar-refractivity contribution in [2.24, 2.45) is 11.8 Å². The number of Topliss-reactive ketones (excluding diaryl/α,β-unsaturated/α-hetero) is 2. The van der Waals surface area contributed by atoms with Crippen LogP contribution in [0, 0.1) is 24.6 Å². The molecule has 0 bridgehead atoms. The molecule has 2 aromatic carbocycles. The zero-order chi connectivity index (χ0) is 24.1. The van der Waals surface area contributed by atoms with E-state index in [9.17, 15) is 14.0 Å². The van der Waals surface area contributed by atoms with Crippen molar-refractivity contribution in [1.82, 2.24) is 0 Å². The minimum absolute atomic E-state index is 0.0284. The Morgan fingerprint density at radius 1 is 1.03 bits per heavy atom. The lowest BCUT2D eigenvalue weighted by molar-refractivity contribution is -0.116. The first-order chi connectivity index (χ1) is 16.4. The van der Waals surface area contributed by atoms with Gasteiger partial charge < -0.3 is 5.32 Å². The first-order valence-electron chi connectivity index (χ1n) is 12.8. The van der Waals surface area contributed by atoms with E-state index in [0.29, 0.717) is 11.5 Å². The van der Waals surface area contributed by atoms with Crippen LogP contribution in [0.25, 0.3) is 0 Å². The fraction of sp³-hybridized carbons (Fsp3) is 0.467. The molecule has 0 radical (unpaired) electrons. The maximum atomic E-state index is 14.4. The second kappa shape index (κ2) is 11.1. The number of hydrogen-bond donors (Lipinski definition) is 1. The van der Waals surface area contributed by atoms with E-state index in [1.807, 2.05) is 18.2 Å². The third-order valence-electron chi connectivity index (χ3n) is 7.69. The van der Waals surface area contributed by atoms with Crippen molar-refractivity contribution in [3.63, 3.8) is 0 Å². The van der Waals surface area contributed by atoms with Gasteiger partial charge in [0.25, 0.3) is 0 Å². The molecule has 180 valence electrons. The molecule has 3 nitrogen and oxygen atoms in total. The number of aryl methyl sites for hydroxylation is 1. The molecule has 4 heteroatoms. The summed E-state index contributed by atoms with van der Waals surface area (Å²) in [5.74, 6) is 0.284. The van der Waals surface area contributed by atoms with E-state index >= 15 is 0 Å². The predicted molar refractivity (Wildman–Crippen MR) is 136 cm³/mol. The zero-order valence-corrected chi connectivity index (χ0v) is 20.2. The number of hydrogen-bond acceptors (Lipinski definition) is 3. The maximum absolute atomic E-state index is 14.4. The van der Waals surface area contributed by atoms with E-state index in [1.54, 1.807) is 25.1 Å². The van der Waals surface area contributed by atoms with Gasteiger partial charge in [-0.3, -0.25) is 9.59 Å². The fourth-order valence-corrected chi connectivity index (χ4v) is 5.58. The van der Waals surface area contributed by atoms with Gasteiger partial charge in [-0.1, -0.05) is 62.6 Å². The number of ketones is 2. The topological polar surface area (TPSA) is 46.2 Å². The van der Waals surface area contributed by atoms with E-state index in [2.05, 4.69) is 18.0 Å². The molecule has 4 rings (SSSR count). The van der Waals surface area contributed by atoms with Crippen molar-refractivity contribution in [2.75, 3.05) is 5.32 Å². The Bertz CT molecular complexity index is 1030. The zero-order valence-electron chi connectivity index (χ0n) is 20.2. The van der Waals surface area contributed by atoms with Crippen molar-refractivity contribution in [1.29, 1.82) is 0 Å². The molecule has 1 saturated carbocycles. The first kappa shape index (κ1) is 24.4. The molecular weight excluding hydrogens is 425 g/mol. The summed E-state index contributed by atoms with van der Waals surface area (Å²) in [6.07, 6.45) is 9.51. The summed E-state index contributed by atoms with van der Waals surface area (Å²) in [6, 6.07) is 13.0. The quantitative estimate of drug-likeness (QED) is 0.185. The van der Waals surface area contributed by atoms with Crippen molar-refractivity contribution in [3.05, 3.63) is 77.1 Å². The second-order valence-corrected chi connectivity index (χ2v) is 10.1. The van der Waals surface area contributed by atoms with Gasteiger partial charge in [0, 0.05) is 18.0 Å². The smallest absolute Gasteiger partial charge is 0.180 e. The molecule has 0 saturated heterocycles. The van der Waals surface area contributed by atoms with Gasteiger partial charge in [-0.25, -0.2) is 4.39 Å². The van der Waals surface area contributed by atoms with Gasteiger partial charge in [0.15, 0.2) is 11.6 Å². The van der Waals surface area contributed by atoms with Gasteiger partial charge >= 0.3 is 0 Å². The molecule has 2 aromatic rings. The highest BCUT2D eigenvalue weighted by Crippen LogP contribution is 2.33. The summed E-state index contributed by atoms with van der Waals surface area (Å²) in [5.41, 5.74) is 3.77. The Labute approximate surface area is 202 Å². The molecule has 3 atom stereocenters. The molecule has 1 fully saturated rings. The lowest BCUT2D eigenvalue weighted by Crippen LogP contribution is -2.28. The molecule has 2 aliphatic rings. The van der Waals surface area contributed by atoms with Crippen LogP contribution >= 0.6 is 0 Å². The van der Waals surface area contributed by atoms with Crippen LogP contribution in [0.15, 0.2) is 54.6 Å². The number of fused-ring (bicyclic) bond motifs is 1. The van der Waals surface area contributed by atoms with E-state index in [-0.39, 0.29) is 34.9 Å². The van der Waals surface area contributed by atoms with Crippen LogP contribution < -0.4 is 5.32 Å². The van der Waals surface area contributed by atoms with Crippen LogP contribution in [-0.4, -0.2) is 17.6 Å². The van der Waals surface area contributed by atoms with Crippen molar-refractivity contribution < 1.29 is 14.0 Å². The molecule has 1 aliphatic heterocycles. The minimum Gasteiger partial charge on any atom is -0.374 e. The summed E-state index contributed by atoms with van der Waals surface area (Å²) in [6.45, 7) is 5.78. The Morgan fingerprint density at radius 3 is 2.68 bits per heavy atom. The molecule has 1 aliphatic carbocycles. The third-order valence-corrected chi connectivity index (χ3v) is 7.69. The molecule has 1 N–H and O–H groups in total. The number of benzene rings is 2. The average Bonchev–Trinajstić information content (AvgIpc) is 3.14. The Balaban J connectivity index is 1.18. The monoisotopic (exact) mass is 461 g/mol. The summed E-state index contributed by atoms with van der Waals surface area (Å²) in [7, 11) is 0. The standard InChI is InChI=1S/C30H36FNO2/c1-20-10-7-15-25(28(20)31)30(34)23-14-8-12-22(17-18-23)11-4-3-9-21(2)29(33)27-19-24-13-5-6-16-26(24)32-27/h5-7,10,13,15-16,22-23,27,32H,2-4,8-9,11-12,14,17-19H2,1H3. The molecule has 34 heavy (non-hydrogen) atoms. The number of para-hydroxylation sites is 1. The van der Waals surface area contributed by atoms with Gasteiger partial charge in [-0.15, -0.1) is 0 Å². The summed E-state index contributed by atoms with van der Waals surface area (Å²) in [5, 5.41) is 3.33. The van der Waals surface area contributed by atoms with E-state index in [0.717, 1.165) is 75.5 Å². The second-order valence-electron chi connectivity index (χ2n) is 10.1. The van der Waals surface area contributed by atoms with Crippen LogP contribution in [0.2, 0.25) is 0 Å². The minimum atomic E-state index is -0.361. The summed E-state index contributed by atoms with van der Waals surface area (Å²) >= 11 is 0. The van der Waals surface area contributed by atoms with Crippen molar-refractivity contribution in [3.8, 4) is 0 Å². The summed E-state index contributed by atoms with van der Waals surface area (Å²) < 4.78 is 14.4. The number of carbonyl (C=O) groups is 2. The van der Waals surface area contributed by atoms with Crippen LogP contribution in [0.4, 0.5) is 10.1 Å². The van der Waals surface area contributed by atoms with Gasteiger partial charge in [-0.2, -0.15) is 0 Å². The number of nitrogens with one attached hydrogen (secondary N) is 1. The fourth-order valence-electron chi connectivity index (χ4n) is 5.58. The van der Waals surface area contributed by atoms with Gasteiger partial charge in [0.05, 0.1) is 11.6 Å². The van der Waals surface area contributed by atoms with E-state index < -0.39 is 0 Å². The molecular formula is C30H36FNO2. The lowest BCUT2D eigenvalue weighted by Gasteiger charge is -2.16. The van der Waals surface area contributed by atoms with Crippen LogP contribution in [-0.2, 0) is 11.2 Å². The first-order valence-corrected chi connectivity index (χ1v) is 12.8. The molecule has 3 unspecified atom stereocenters. The number of halogens is 1. The van der Waals surface area contributed by atoms with Crippen molar-refractivity contribution >= 4 is 17.3 Å². The van der Waals surface area contributed by atoms with E-state index in [4.69, 9.17) is 0 Å². The van der Waals surface area contributed by atoms with Crippen molar-refractivity contribution in [2.45, 2.75) is 77.2 Å². The largest absolute Gasteiger partial charge is 0.374 e. The molecule has 0 amide bonds. The maximum Gasteiger partial charge on any atom is 0.180 e. The van der Waals surface area contributed by atoms with Gasteiger partial charge in [0.1, 0.15) is 5.82 Å². The van der Waals surface area contributed by atoms with Gasteiger partial charge in [0.2, 0.25) is 0 Å². The van der Waals surface area contributed by atoms with Crippen LogP contribution in [0.5, 0.6) is 0 Å².